The lowest BCUT2D eigenvalue weighted by Gasteiger charge is -2.03. The van der Waals surface area contributed by atoms with Crippen LogP contribution < -0.4 is 10.9 Å². The van der Waals surface area contributed by atoms with Crippen LogP contribution in [-0.2, 0) is 9.47 Å². The molecule has 204 valence electrons. The van der Waals surface area contributed by atoms with E-state index in [4.69, 9.17) is 18.3 Å². The first-order valence-electron chi connectivity index (χ1n) is 12.3. The molecule has 11 heteroatoms. The fourth-order valence-electron chi connectivity index (χ4n) is 3.52. The molecule has 2 heterocycles. The summed E-state index contributed by atoms with van der Waals surface area (Å²) in [5, 5.41) is 7.67. The lowest BCUT2D eigenvalue weighted by molar-refractivity contribution is 0.0517. The van der Waals surface area contributed by atoms with Gasteiger partial charge >= 0.3 is 18.0 Å². The molecule has 0 unspecified atom stereocenters. The fraction of sp³-hybridized carbons (Fsp3) is 0.138. The Morgan fingerprint density at radius 1 is 0.700 bits per heavy atom. The largest absolute Gasteiger partial charge is 0.462 e. The lowest BCUT2D eigenvalue weighted by atomic mass is 10.1. The summed E-state index contributed by atoms with van der Waals surface area (Å²) in [6.07, 6.45) is 2.65. The number of hydrogen-bond acceptors (Lipinski definition) is 9. The number of benzene rings is 2. The summed E-state index contributed by atoms with van der Waals surface area (Å²) in [5.41, 5.74) is 6.76. The van der Waals surface area contributed by atoms with Gasteiger partial charge in [-0.15, -0.1) is 0 Å². The Balaban J connectivity index is 1.28. The van der Waals surface area contributed by atoms with E-state index >= 15 is 0 Å². The van der Waals surface area contributed by atoms with Crippen molar-refractivity contribution in [3.63, 3.8) is 0 Å². The number of carbonyl (C=O) groups excluding carboxylic acids is 3. The average Bonchev–Trinajstić information content (AvgIpc) is 3.64. The Hall–Kier alpha value is -5.45. The van der Waals surface area contributed by atoms with Crippen molar-refractivity contribution >= 4 is 30.4 Å². The van der Waals surface area contributed by atoms with Crippen LogP contribution in [-0.4, -0.2) is 43.6 Å². The van der Waals surface area contributed by atoms with Gasteiger partial charge in [0.2, 0.25) is 0 Å². The molecule has 0 aliphatic rings. The summed E-state index contributed by atoms with van der Waals surface area (Å²) in [7, 11) is 0. The van der Waals surface area contributed by atoms with Gasteiger partial charge in [0.05, 0.1) is 36.8 Å². The maximum atomic E-state index is 12.0. The van der Waals surface area contributed by atoms with E-state index in [-0.39, 0.29) is 13.2 Å². The predicted molar refractivity (Wildman–Crippen MR) is 147 cm³/mol. The SMILES string of the molecule is CCOC(=O)c1cccc(-c2ccc(C=NNC(=O)N/N=C/c3ccc(-c4cccc(C(=O)OCC)c4)o3)o2)c1. The van der Waals surface area contributed by atoms with Gasteiger partial charge in [0, 0.05) is 11.1 Å². The van der Waals surface area contributed by atoms with Gasteiger partial charge in [-0.05, 0) is 62.4 Å². The number of furan rings is 2. The van der Waals surface area contributed by atoms with E-state index in [2.05, 4.69) is 21.1 Å². The molecule has 2 N–H and O–H groups in total. The molecule has 4 rings (SSSR count). The second-order valence-corrected chi connectivity index (χ2v) is 8.08. The number of nitrogens with zero attached hydrogens (tertiary/aromatic N) is 2. The highest BCUT2D eigenvalue weighted by molar-refractivity contribution is 5.91. The molecule has 0 saturated carbocycles. The number of ether oxygens (including phenoxy) is 2. The summed E-state index contributed by atoms with van der Waals surface area (Å²) in [6.45, 7) is 4.06. The Morgan fingerprint density at radius 2 is 1.15 bits per heavy atom. The van der Waals surface area contributed by atoms with Crippen molar-refractivity contribution in [2.45, 2.75) is 13.8 Å². The summed E-state index contributed by atoms with van der Waals surface area (Å²) in [6, 6.07) is 19.8. The fourth-order valence-corrected chi connectivity index (χ4v) is 3.52. The smallest absolute Gasteiger partial charge is 0.355 e. The van der Waals surface area contributed by atoms with Crippen LogP contribution in [0.15, 0.2) is 91.8 Å². The molecule has 2 amide bonds. The third-order valence-electron chi connectivity index (χ3n) is 5.29. The van der Waals surface area contributed by atoms with Crippen molar-refractivity contribution in [1.82, 2.24) is 10.9 Å². The standard InChI is InChI=1S/C29H26N4O7/c1-3-37-27(34)21-9-5-7-19(15-21)25-13-11-23(39-25)17-30-32-29(36)33-31-18-24-12-14-26(40-24)20-8-6-10-22(16-20)28(35)38-4-2/h5-18H,3-4H2,1-2H3,(H2,32,33,36)/b30-17+,31-18?. The number of amides is 2. The van der Waals surface area contributed by atoms with E-state index in [0.29, 0.717) is 45.3 Å². The molecule has 0 aliphatic heterocycles. The normalized spacial score (nSPS) is 11.1. The van der Waals surface area contributed by atoms with Crippen molar-refractivity contribution < 1.29 is 32.7 Å². The molecule has 11 nitrogen and oxygen atoms in total. The molecule has 4 aromatic rings. The summed E-state index contributed by atoms with van der Waals surface area (Å²) < 4.78 is 21.5. The highest BCUT2D eigenvalue weighted by atomic mass is 16.5. The Labute approximate surface area is 229 Å². The molecule has 0 fully saturated rings. The maximum absolute atomic E-state index is 12.0. The zero-order chi connectivity index (χ0) is 28.3. The first kappa shape index (κ1) is 27.6. The Kier molecular flexibility index (Phi) is 9.22. The molecule has 2 aromatic carbocycles. The van der Waals surface area contributed by atoms with Gasteiger partial charge < -0.3 is 18.3 Å². The third-order valence-corrected chi connectivity index (χ3v) is 5.29. The van der Waals surface area contributed by atoms with Crippen LogP contribution in [0.4, 0.5) is 4.79 Å². The van der Waals surface area contributed by atoms with Gasteiger partial charge in [0.15, 0.2) is 0 Å². The molecular formula is C29H26N4O7. The van der Waals surface area contributed by atoms with Gasteiger partial charge in [-0.25, -0.2) is 25.2 Å². The molecule has 40 heavy (non-hydrogen) atoms. The monoisotopic (exact) mass is 542 g/mol. The molecule has 2 aromatic heterocycles. The van der Waals surface area contributed by atoms with Gasteiger partial charge in [-0.2, -0.15) is 10.2 Å². The van der Waals surface area contributed by atoms with Crippen LogP contribution in [0.25, 0.3) is 22.6 Å². The van der Waals surface area contributed by atoms with E-state index in [1.165, 1.54) is 12.4 Å². The van der Waals surface area contributed by atoms with Gasteiger partial charge in [0.1, 0.15) is 23.0 Å². The molecule has 0 saturated heterocycles. The Morgan fingerprint density at radius 3 is 1.57 bits per heavy atom. The van der Waals surface area contributed by atoms with Gasteiger partial charge in [-0.3, -0.25) is 0 Å². The van der Waals surface area contributed by atoms with Crippen molar-refractivity contribution in [3.8, 4) is 22.6 Å². The molecule has 0 radical (unpaired) electrons. The highest BCUT2D eigenvalue weighted by Crippen LogP contribution is 2.24. The Bertz CT molecular complexity index is 1440. The molecule has 0 spiro atoms. The van der Waals surface area contributed by atoms with Crippen molar-refractivity contribution in [3.05, 3.63) is 95.4 Å². The van der Waals surface area contributed by atoms with Gasteiger partial charge in [-0.1, -0.05) is 24.3 Å². The van der Waals surface area contributed by atoms with Crippen molar-refractivity contribution in [2.75, 3.05) is 13.2 Å². The average molecular weight is 543 g/mol. The summed E-state index contributed by atoms with van der Waals surface area (Å²) in [5.74, 6) is 0.984. The molecule has 0 atom stereocenters. The maximum Gasteiger partial charge on any atom is 0.355 e. The number of hydrazone groups is 2. The van der Waals surface area contributed by atoms with Crippen LogP contribution in [0.5, 0.6) is 0 Å². The van der Waals surface area contributed by atoms with E-state index in [9.17, 15) is 14.4 Å². The summed E-state index contributed by atoms with van der Waals surface area (Å²) >= 11 is 0. The summed E-state index contributed by atoms with van der Waals surface area (Å²) in [4.78, 5) is 35.9. The minimum absolute atomic E-state index is 0.287. The third kappa shape index (κ3) is 7.32. The van der Waals surface area contributed by atoms with Crippen LogP contribution in [0, 0.1) is 0 Å². The minimum Gasteiger partial charge on any atom is -0.462 e. The highest BCUT2D eigenvalue weighted by Gasteiger charge is 2.11. The van der Waals surface area contributed by atoms with E-state index in [0.717, 1.165) is 0 Å². The second kappa shape index (κ2) is 13.4. The van der Waals surface area contributed by atoms with E-state index in [1.807, 2.05) is 0 Å². The van der Waals surface area contributed by atoms with Crippen molar-refractivity contribution in [2.24, 2.45) is 10.2 Å². The van der Waals surface area contributed by atoms with Crippen molar-refractivity contribution in [1.29, 1.82) is 0 Å². The number of carbonyl (C=O) groups is 3. The van der Waals surface area contributed by atoms with Crippen LogP contribution in [0.1, 0.15) is 46.1 Å². The second-order valence-electron chi connectivity index (χ2n) is 8.08. The number of nitrogens with one attached hydrogen (secondary N) is 2. The first-order valence-corrected chi connectivity index (χ1v) is 12.3. The van der Waals surface area contributed by atoms with Crippen LogP contribution >= 0.6 is 0 Å². The number of urea groups is 1. The van der Waals surface area contributed by atoms with Crippen LogP contribution in [0.3, 0.4) is 0 Å². The number of hydrogen-bond donors (Lipinski definition) is 2. The quantitative estimate of drug-likeness (QED) is 0.159. The minimum atomic E-state index is -0.685. The van der Waals surface area contributed by atoms with E-state index < -0.39 is 18.0 Å². The molecule has 0 bridgehead atoms. The zero-order valence-electron chi connectivity index (χ0n) is 21.7. The molecule has 0 aliphatic carbocycles. The van der Waals surface area contributed by atoms with Crippen LogP contribution in [0.2, 0.25) is 0 Å². The van der Waals surface area contributed by atoms with Gasteiger partial charge in [0.25, 0.3) is 0 Å². The zero-order valence-corrected chi connectivity index (χ0v) is 21.7. The topological polar surface area (TPSA) is 145 Å². The number of rotatable bonds is 10. The molecular weight excluding hydrogens is 516 g/mol. The van der Waals surface area contributed by atoms with E-state index in [1.54, 1.807) is 86.6 Å². The predicted octanol–water partition coefficient (Wildman–Crippen LogP) is 5.23. The first-order chi connectivity index (χ1) is 19.5. The lowest BCUT2D eigenvalue weighted by Crippen LogP contribution is -2.28. The number of esters is 2.